The van der Waals surface area contributed by atoms with Gasteiger partial charge in [-0.3, -0.25) is 0 Å². The van der Waals surface area contributed by atoms with Gasteiger partial charge >= 0.3 is 0 Å². The average molecular weight is 541 g/mol. The van der Waals surface area contributed by atoms with E-state index in [-0.39, 0.29) is 12.0 Å². The lowest BCUT2D eigenvalue weighted by Crippen LogP contribution is -2.29. The van der Waals surface area contributed by atoms with Crippen molar-refractivity contribution in [3.63, 3.8) is 0 Å². The van der Waals surface area contributed by atoms with E-state index < -0.39 is 0 Å². The molecule has 6 aromatic rings. The summed E-state index contributed by atoms with van der Waals surface area (Å²) < 4.78 is 12.9. The smallest absolute Gasteiger partial charge is 0.136 e. The molecule has 2 heterocycles. The van der Waals surface area contributed by atoms with Crippen molar-refractivity contribution in [2.24, 2.45) is 5.92 Å². The van der Waals surface area contributed by atoms with E-state index in [1.807, 2.05) is 0 Å². The molecule has 0 N–H and O–H groups in total. The summed E-state index contributed by atoms with van der Waals surface area (Å²) in [6.07, 6.45) is 13.3. The molecule has 2 heteroatoms. The highest BCUT2D eigenvalue weighted by Gasteiger charge is 2.42. The summed E-state index contributed by atoms with van der Waals surface area (Å²) in [7, 11) is 0. The number of hydrogen-bond donors (Lipinski definition) is 0. The molecule has 0 spiro atoms. The zero-order valence-corrected chi connectivity index (χ0v) is 23.1. The Labute approximate surface area is 243 Å². The number of furan rings is 1. The second-order valence-electron chi connectivity index (χ2n) is 12.2. The van der Waals surface area contributed by atoms with Crippen molar-refractivity contribution in [1.82, 2.24) is 0 Å². The normalized spacial score (nSPS) is 22.5. The predicted molar refractivity (Wildman–Crippen MR) is 172 cm³/mol. The van der Waals surface area contributed by atoms with Crippen LogP contribution >= 0.6 is 0 Å². The summed E-state index contributed by atoms with van der Waals surface area (Å²) in [5, 5.41) is 7.44. The Bertz CT molecular complexity index is 2270. The van der Waals surface area contributed by atoms with Gasteiger partial charge in [-0.25, -0.2) is 0 Å². The minimum atomic E-state index is 0.191. The topological polar surface area (TPSA) is 22.4 Å². The quantitative estimate of drug-likeness (QED) is 0.194. The van der Waals surface area contributed by atoms with Gasteiger partial charge in [-0.05, 0) is 99.0 Å². The fraction of sp³-hybridized carbons (Fsp3) is 0.150. The van der Waals surface area contributed by atoms with Crippen LogP contribution in [0.1, 0.15) is 36.3 Å². The molecule has 1 aliphatic heterocycles. The van der Waals surface area contributed by atoms with E-state index in [0.717, 1.165) is 36.2 Å². The molecule has 0 fully saturated rings. The first kappa shape index (κ1) is 22.8. The van der Waals surface area contributed by atoms with Gasteiger partial charge in [0.25, 0.3) is 0 Å². The lowest BCUT2D eigenvalue weighted by Gasteiger charge is -2.37. The first-order chi connectivity index (χ1) is 20.8. The fourth-order valence-electron chi connectivity index (χ4n) is 8.14. The number of allylic oxidation sites excluding steroid dienone is 7. The molecule has 3 atom stereocenters. The van der Waals surface area contributed by atoms with Gasteiger partial charge in [0.2, 0.25) is 0 Å². The molecule has 2 nitrogen and oxygen atoms in total. The number of ether oxygens (including phenoxy) is 1. The monoisotopic (exact) mass is 540 g/mol. The van der Waals surface area contributed by atoms with Crippen molar-refractivity contribution in [3.05, 3.63) is 143 Å². The summed E-state index contributed by atoms with van der Waals surface area (Å²) >= 11 is 0. The standard InChI is InChI=1S/C40H28O2/c1-3-11-27-23(9-1)17-25-19-37-33(29-13-5-7-15-35(29)41-37)21-31(25)39(27)40-28-12-4-2-10-24(28)18-26-20-38-34(22-32(26)40)30-14-6-8-16-36(30)42-38/h1,3-9,11-19,21-22,26,34,38H,2,10,20H2. The molecule has 3 aliphatic carbocycles. The third kappa shape index (κ3) is 3.10. The van der Waals surface area contributed by atoms with E-state index in [4.69, 9.17) is 9.15 Å². The van der Waals surface area contributed by atoms with Crippen LogP contribution in [0, 0.1) is 5.92 Å². The van der Waals surface area contributed by atoms with E-state index >= 15 is 0 Å². The van der Waals surface area contributed by atoms with Crippen LogP contribution in [0.3, 0.4) is 0 Å². The lowest BCUT2D eigenvalue weighted by atomic mass is 9.67. The summed E-state index contributed by atoms with van der Waals surface area (Å²) in [4.78, 5) is 0. The van der Waals surface area contributed by atoms with Gasteiger partial charge in [0.05, 0.1) is 0 Å². The predicted octanol–water partition coefficient (Wildman–Crippen LogP) is 10.4. The number of rotatable bonds is 1. The van der Waals surface area contributed by atoms with E-state index in [1.165, 1.54) is 65.7 Å². The minimum absolute atomic E-state index is 0.191. The van der Waals surface area contributed by atoms with Crippen LogP contribution in [0.2, 0.25) is 0 Å². The molecule has 0 radical (unpaired) electrons. The van der Waals surface area contributed by atoms with Crippen LogP contribution in [-0.4, -0.2) is 6.10 Å². The second kappa shape index (κ2) is 8.36. The van der Waals surface area contributed by atoms with Crippen LogP contribution < -0.4 is 4.74 Å². The Morgan fingerprint density at radius 2 is 1.55 bits per heavy atom. The van der Waals surface area contributed by atoms with Crippen LogP contribution in [0.5, 0.6) is 5.75 Å². The number of benzene rings is 5. The highest BCUT2D eigenvalue weighted by molar-refractivity contribution is 6.18. The Morgan fingerprint density at radius 1 is 0.690 bits per heavy atom. The molecule has 10 rings (SSSR count). The molecule has 0 bridgehead atoms. The maximum absolute atomic E-state index is 6.54. The van der Waals surface area contributed by atoms with Crippen LogP contribution in [0.25, 0.3) is 49.1 Å². The van der Waals surface area contributed by atoms with E-state index in [0.29, 0.717) is 5.92 Å². The minimum Gasteiger partial charge on any atom is -0.489 e. The third-order valence-electron chi connectivity index (χ3n) is 9.98. The van der Waals surface area contributed by atoms with E-state index in [1.54, 1.807) is 0 Å². The van der Waals surface area contributed by atoms with Crippen molar-refractivity contribution in [2.75, 3.05) is 0 Å². The number of hydrogen-bond acceptors (Lipinski definition) is 2. The van der Waals surface area contributed by atoms with Crippen LogP contribution in [0.4, 0.5) is 0 Å². The molecule has 5 aromatic carbocycles. The first-order valence-electron chi connectivity index (χ1n) is 15.2. The molecular weight excluding hydrogens is 512 g/mol. The summed E-state index contributed by atoms with van der Waals surface area (Å²) in [6.45, 7) is 0. The molecule has 3 unspecified atom stereocenters. The summed E-state index contributed by atoms with van der Waals surface area (Å²) in [5.74, 6) is 1.66. The molecule has 0 amide bonds. The van der Waals surface area contributed by atoms with Gasteiger partial charge in [0.1, 0.15) is 23.0 Å². The van der Waals surface area contributed by atoms with Gasteiger partial charge in [-0.15, -0.1) is 0 Å². The van der Waals surface area contributed by atoms with Crippen molar-refractivity contribution in [3.8, 4) is 5.75 Å². The van der Waals surface area contributed by atoms with E-state index in [9.17, 15) is 0 Å². The Balaban J connectivity index is 1.33. The molecule has 0 saturated carbocycles. The largest absolute Gasteiger partial charge is 0.489 e. The lowest BCUT2D eigenvalue weighted by molar-refractivity contribution is 0.190. The molecule has 0 saturated heterocycles. The van der Waals surface area contributed by atoms with E-state index in [2.05, 4.69) is 115 Å². The van der Waals surface area contributed by atoms with Crippen molar-refractivity contribution < 1.29 is 9.15 Å². The Kier molecular flexibility index (Phi) is 4.54. The molecule has 4 aliphatic rings. The average Bonchev–Trinajstić information content (AvgIpc) is 3.58. The van der Waals surface area contributed by atoms with Gasteiger partial charge < -0.3 is 9.15 Å². The highest BCUT2D eigenvalue weighted by atomic mass is 16.5. The summed E-state index contributed by atoms with van der Waals surface area (Å²) in [6, 6.07) is 32.9. The maximum atomic E-state index is 6.54. The fourth-order valence-corrected chi connectivity index (χ4v) is 8.14. The Hall–Kier alpha value is -4.82. The first-order valence-corrected chi connectivity index (χ1v) is 15.2. The van der Waals surface area contributed by atoms with Crippen LogP contribution in [0.15, 0.2) is 136 Å². The van der Waals surface area contributed by atoms with Crippen LogP contribution in [-0.2, 0) is 0 Å². The van der Waals surface area contributed by atoms with Crippen molar-refractivity contribution in [1.29, 1.82) is 0 Å². The second-order valence-corrected chi connectivity index (χ2v) is 12.2. The molecule has 42 heavy (non-hydrogen) atoms. The van der Waals surface area contributed by atoms with Gasteiger partial charge in [0, 0.05) is 28.2 Å². The maximum Gasteiger partial charge on any atom is 0.136 e. The van der Waals surface area contributed by atoms with Gasteiger partial charge in [-0.2, -0.15) is 0 Å². The Morgan fingerprint density at radius 3 is 2.52 bits per heavy atom. The zero-order chi connectivity index (χ0) is 27.4. The molecule has 1 aromatic heterocycles. The van der Waals surface area contributed by atoms with Crippen molar-refractivity contribution >= 4 is 49.1 Å². The SMILES string of the molecule is C1=CC2=C(c3c4ccccc4cc4cc5oc6ccccc6c5cc34)C3=CC4c5ccccc5OC4CC3C=C2CC1. The third-order valence-corrected chi connectivity index (χ3v) is 9.98. The number of para-hydroxylation sites is 2. The highest BCUT2D eigenvalue weighted by Crippen LogP contribution is 2.54. The van der Waals surface area contributed by atoms with Gasteiger partial charge in [0.15, 0.2) is 0 Å². The zero-order valence-electron chi connectivity index (χ0n) is 23.1. The molecule has 200 valence electrons. The van der Waals surface area contributed by atoms with Crippen molar-refractivity contribution in [2.45, 2.75) is 31.3 Å². The number of fused-ring (bicyclic) bond motifs is 10. The molecular formula is C40H28O2. The summed E-state index contributed by atoms with van der Waals surface area (Å²) in [5.41, 5.74) is 10.3. The van der Waals surface area contributed by atoms with Gasteiger partial charge in [-0.1, -0.05) is 85.0 Å².